The zero-order valence-corrected chi connectivity index (χ0v) is 13.0. The Hall–Kier alpha value is -2.60. The molecule has 2 aromatic rings. The molecule has 0 fully saturated rings. The van der Waals surface area contributed by atoms with E-state index in [9.17, 15) is 0 Å². The monoisotopic (exact) mass is 294 g/mol. The van der Waals surface area contributed by atoms with Gasteiger partial charge >= 0.3 is 0 Å². The van der Waals surface area contributed by atoms with Crippen molar-refractivity contribution in [1.82, 2.24) is 0 Å². The summed E-state index contributed by atoms with van der Waals surface area (Å²) in [6.45, 7) is 0. The Morgan fingerprint density at radius 1 is 0.826 bits per heavy atom. The summed E-state index contributed by atoms with van der Waals surface area (Å²) in [4.78, 5) is 0. The van der Waals surface area contributed by atoms with Crippen LogP contribution in [-0.4, -0.2) is 0 Å². The molecule has 5 rings (SSSR count). The topological polar surface area (TPSA) is 0 Å². The average molecular weight is 294 g/mol. The number of allylic oxidation sites excluding steroid dienone is 9. The number of hydrogen-bond acceptors (Lipinski definition) is 0. The van der Waals surface area contributed by atoms with E-state index in [0.717, 1.165) is 12.8 Å². The second-order valence-corrected chi connectivity index (χ2v) is 6.52. The van der Waals surface area contributed by atoms with Crippen LogP contribution in [0.15, 0.2) is 89.6 Å². The zero-order chi connectivity index (χ0) is 15.2. The van der Waals surface area contributed by atoms with Crippen LogP contribution in [0.3, 0.4) is 0 Å². The van der Waals surface area contributed by atoms with Gasteiger partial charge in [0.2, 0.25) is 0 Å². The zero-order valence-electron chi connectivity index (χ0n) is 13.0. The minimum Gasteiger partial charge on any atom is -0.0804 e. The third kappa shape index (κ3) is 1.91. The van der Waals surface area contributed by atoms with Gasteiger partial charge in [-0.05, 0) is 52.0 Å². The third-order valence-electron chi connectivity index (χ3n) is 5.21. The molecule has 23 heavy (non-hydrogen) atoms. The van der Waals surface area contributed by atoms with Gasteiger partial charge < -0.3 is 0 Å². The van der Waals surface area contributed by atoms with Gasteiger partial charge in [-0.2, -0.15) is 0 Å². The molecule has 0 aromatic heterocycles. The predicted octanol–water partition coefficient (Wildman–Crippen LogP) is 6.09. The van der Waals surface area contributed by atoms with Crippen molar-refractivity contribution in [2.24, 2.45) is 0 Å². The largest absolute Gasteiger partial charge is 0.0804 e. The molecule has 2 aromatic carbocycles. The Morgan fingerprint density at radius 2 is 1.65 bits per heavy atom. The lowest BCUT2D eigenvalue weighted by Gasteiger charge is -2.29. The fourth-order valence-corrected chi connectivity index (χ4v) is 4.20. The van der Waals surface area contributed by atoms with Crippen LogP contribution in [0, 0.1) is 0 Å². The fraction of sp³-hybridized carbons (Fsp3) is 0.130. The van der Waals surface area contributed by atoms with Crippen LogP contribution in [0.2, 0.25) is 0 Å². The first kappa shape index (κ1) is 12.9. The van der Waals surface area contributed by atoms with Gasteiger partial charge in [0.05, 0.1) is 0 Å². The van der Waals surface area contributed by atoms with Gasteiger partial charge in [-0.3, -0.25) is 0 Å². The third-order valence-corrected chi connectivity index (χ3v) is 5.21. The number of benzene rings is 2. The molecule has 0 bridgehead atoms. The highest BCUT2D eigenvalue weighted by atomic mass is 14.3. The predicted molar refractivity (Wildman–Crippen MR) is 98.3 cm³/mol. The van der Waals surface area contributed by atoms with Crippen LogP contribution >= 0.6 is 0 Å². The highest BCUT2D eigenvalue weighted by Gasteiger charge is 2.29. The van der Waals surface area contributed by atoms with Crippen LogP contribution in [0.25, 0.3) is 16.8 Å². The molecule has 0 N–H and O–H groups in total. The van der Waals surface area contributed by atoms with Gasteiger partial charge in [0.1, 0.15) is 0 Å². The summed E-state index contributed by atoms with van der Waals surface area (Å²) in [6.07, 6.45) is 18.1. The second-order valence-electron chi connectivity index (χ2n) is 6.52. The minimum atomic E-state index is 0.398. The molecule has 0 saturated heterocycles. The fourth-order valence-electron chi connectivity index (χ4n) is 4.20. The van der Waals surface area contributed by atoms with E-state index in [1.807, 2.05) is 0 Å². The van der Waals surface area contributed by atoms with Gasteiger partial charge in [-0.25, -0.2) is 0 Å². The van der Waals surface area contributed by atoms with Gasteiger partial charge in [0.15, 0.2) is 0 Å². The molecule has 1 atom stereocenters. The van der Waals surface area contributed by atoms with Crippen molar-refractivity contribution in [1.29, 1.82) is 0 Å². The lowest BCUT2D eigenvalue weighted by atomic mass is 9.74. The second kappa shape index (κ2) is 4.96. The first-order valence-corrected chi connectivity index (χ1v) is 8.37. The lowest BCUT2D eigenvalue weighted by molar-refractivity contribution is 0.904. The maximum absolute atomic E-state index is 2.43. The molecule has 3 aliphatic carbocycles. The van der Waals surface area contributed by atoms with E-state index in [1.165, 1.54) is 38.6 Å². The molecule has 0 aliphatic heterocycles. The first-order chi connectivity index (χ1) is 11.4. The molecule has 0 nitrogen and oxygen atoms in total. The molecule has 110 valence electrons. The first-order valence-electron chi connectivity index (χ1n) is 8.37. The van der Waals surface area contributed by atoms with Crippen molar-refractivity contribution < 1.29 is 0 Å². The summed E-state index contributed by atoms with van der Waals surface area (Å²) in [6, 6.07) is 13.4. The van der Waals surface area contributed by atoms with E-state index < -0.39 is 0 Å². The van der Waals surface area contributed by atoms with Gasteiger partial charge in [0.25, 0.3) is 0 Å². The average Bonchev–Trinajstić information content (AvgIpc) is 3.29. The van der Waals surface area contributed by atoms with Crippen LogP contribution in [0.5, 0.6) is 0 Å². The molecule has 3 aliphatic rings. The van der Waals surface area contributed by atoms with Crippen molar-refractivity contribution in [3.05, 3.63) is 101 Å². The summed E-state index contributed by atoms with van der Waals surface area (Å²) in [5.41, 5.74) is 7.30. The lowest BCUT2D eigenvalue weighted by Crippen LogP contribution is -2.11. The van der Waals surface area contributed by atoms with Crippen molar-refractivity contribution in [2.75, 3.05) is 0 Å². The Morgan fingerprint density at radius 3 is 2.43 bits per heavy atom. The summed E-state index contributed by atoms with van der Waals surface area (Å²) in [5.74, 6) is 0.398. The maximum atomic E-state index is 2.43. The van der Waals surface area contributed by atoms with E-state index in [1.54, 1.807) is 0 Å². The number of hydrogen-bond donors (Lipinski definition) is 0. The molecule has 0 amide bonds. The number of rotatable bonds is 2. The van der Waals surface area contributed by atoms with Crippen molar-refractivity contribution >= 4 is 16.8 Å². The maximum Gasteiger partial charge on any atom is 0.0314 e. The normalized spacial score (nSPS) is 21.6. The molecular weight excluding hydrogens is 276 g/mol. The Balaban J connectivity index is 1.79. The molecule has 0 heteroatoms. The van der Waals surface area contributed by atoms with Crippen LogP contribution in [0.1, 0.15) is 29.9 Å². The van der Waals surface area contributed by atoms with E-state index in [0.29, 0.717) is 5.92 Å². The highest BCUT2D eigenvalue weighted by molar-refractivity contribution is 5.97. The molecule has 0 heterocycles. The molecule has 0 radical (unpaired) electrons. The minimum absolute atomic E-state index is 0.398. The van der Waals surface area contributed by atoms with Crippen LogP contribution in [0.4, 0.5) is 0 Å². The smallest absolute Gasteiger partial charge is 0.0314 e. The molecular formula is C23H18. The molecule has 0 saturated carbocycles. The van der Waals surface area contributed by atoms with E-state index in [2.05, 4.69) is 78.9 Å². The Kier molecular flexibility index (Phi) is 2.78. The molecule has 0 spiro atoms. The standard InChI is InChI=1S/C23H18/c1-2-8-16(7-1)21-15-19-13-5-11-17-12-6-14-20(22(17)19)23(21)18-9-3-4-10-18/h1-7,9,11-15,23H,8,10H2. The quantitative estimate of drug-likeness (QED) is 0.628. The van der Waals surface area contributed by atoms with Crippen molar-refractivity contribution in [3.63, 3.8) is 0 Å². The SMILES string of the molecule is C1=CCC(C2=Cc3cccc4cccc(c34)C2C2=CC=CC2)=C1. The highest BCUT2D eigenvalue weighted by Crippen LogP contribution is 2.47. The van der Waals surface area contributed by atoms with Crippen molar-refractivity contribution in [2.45, 2.75) is 18.8 Å². The van der Waals surface area contributed by atoms with Gasteiger partial charge in [-0.15, -0.1) is 0 Å². The van der Waals surface area contributed by atoms with Crippen LogP contribution in [-0.2, 0) is 0 Å². The summed E-state index contributed by atoms with van der Waals surface area (Å²) in [7, 11) is 0. The van der Waals surface area contributed by atoms with Gasteiger partial charge in [0, 0.05) is 5.92 Å². The van der Waals surface area contributed by atoms with E-state index in [4.69, 9.17) is 0 Å². The van der Waals surface area contributed by atoms with E-state index >= 15 is 0 Å². The molecule has 1 unspecified atom stereocenters. The van der Waals surface area contributed by atoms with Crippen molar-refractivity contribution in [3.8, 4) is 0 Å². The van der Waals surface area contributed by atoms with Gasteiger partial charge in [-0.1, -0.05) is 78.4 Å². The Labute approximate surface area is 136 Å². The van der Waals surface area contributed by atoms with E-state index in [-0.39, 0.29) is 0 Å². The Bertz CT molecular complexity index is 955. The summed E-state index contributed by atoms with van der Waals surface area (Å²) in [5, 5.41) is 2.79. The summed E-state index contributed by atoms with van der Waals surface area (Å²) < 4.78 is 0. The summed E-state index contributed by atoms with van der Waals surface area (Å²) >= 11 is 0. The van der Waals surface area contributed by atoms with Crippen LogP contribution < -0.4 is 0 Å².